The highest BCUT2D eigenvalue weighted by Crippen LogP contribution is 2.18. The second kappa shape index (κ2) is 7.46. The monoisotopic (exact) mass is 339 g/mol. The Balaban J connectivity index is 1.92. The average Bonchev–Trinajstić information content (AvgIpc) is 2.81. The van der Waals surface area contributed by atoms with Gasteiger partial charge in [0.1, 0.15) is 11.6 Å². The Morgan fingerprint density at radius 1 is 1.32 bits per heavy atom. The van der Waals surface area contributed by atoms with E-state index in [2.05, 4.69) is 16.8 Å². The van der Waals surface area contributed by atoms with Crippen LogP contribution in [0.2, 0.25) is 0 Å². The number of benzene rings is 1. The Morgan fingerprint density at radius 3 is 2.73 bits per heavy atom. The van der Waals surface area contributed by atoms with Crippen LogP contribution in [-0.2, 0) is 16.7 Å². The van der Waals surface area contributed by atoms with Crippen LogP contribution in [0.5, 0.6) is 5.75 Å². The van der Waals surface area contributed by atoms with Crippen molar-refractivity contribution in [2.24, 2.45) is 0 Å². The third kappa shape index (κ3) is 4.60. The normalized spacial score (nSPS) is 11.3. The molecule has 1 heterocycles. The minimum absolute atomic E-state index is 0.105. The first-order valence-electron chi connectivity index (χ1n) is 6.62. The molecule has 1 aromatic carbocycles. The SMILES string of the molecule is C=CCn1c(C)nnc1SCCS(=O)(=O)Oc1ccccc1. The molecule has 0 unspecified atom stereocenters. The molecule has 118 valence electrons. The number of hydrogen-bond acceptors (Lipinski definition) is 6. The first kappa shape index (κ1) is 16.6. The molecule has 2 rings (SSSR count). The lowest BCUT2D eigenvalue weighted by atomic mass is 10.3. The topological polar surface area (TPSA) is 74.1 Å². The van der Waals surface area contributed by atoms with Gasteiger partial charge in [-0.05, 0) is 19.1 Å². The van der Waals surface area contributed by atoms with Crippen LogP contribution in [0.1, 0.15) is 5.82 Å². The van der Waals surface area contributed by atoms with E-state index in [0.29, 0.717) is 23.2 Å². The van der Waals surface area contributed by atoms with Crippen LogP contribution in [0.15, 0.2) is 48.1 Å². The van der Waals surface area contributed by atoms with Gasteiger partial charge in [-0.1, -0.05) is 36.0 Å². The lowest BCUT2D eigenvalue weighted by molar-refractivity contribution is 0.488. The van der Waals surface area contributed by atoms with Crippen molar-refractivity contribution in [3.63, 3.8) is 0 Å². The summed E-state index contributed by atoms with van der Waals surface area (Å²) in [6.07, 6.45) is 1.75. The average molecular weight is 339 g/mol. The van der Waals surface area contributed by atoms with Gasteiger partial charge in [0.25, 0.3) is 0 Å². The van der Waals surface area contributed by atoms with Gasteiger partial charge in [0.15, 0.2) is 5.16 Å². The Hall–Kier alpha value is -1.80. The number of thioether (sulfide) groups is 1. The van der Waals surface area contributed by atoms with Crippen LogP contribution < -0.4 is 4.18 Å². The molecule has 0 aliphatic heterocycles. The number of para-hydroxylation sites is 1. The molecule has 2 aromatic rings. The fourth-order valence-corrected chi connectivity index (χ4v) is 3.99. The molecule has 0 aliphatic carbocycles. The zero-order chi connectivity index (χ0) is 16.0. The molecule has 0 saturated carbocycles. The lowest BCUT2D eigenvalue weighted by Gasteiger charge is -2.07. The van der Waals surface area contributed by atoms with Crippen molar-refractivity contribution in [2.75, 3.05) is 11.5 Å². The van der Waals surface area contributed by atoms with E-state index in [1.165, 1.54) is 11.8 Å². The number of nitrogens with zero attached hydrogens (tertiary/aromatic N) is 3. The van der Waals surface area contributed by atoms with Crippen LogP contribution in [0.3, 0.4) is 0 Å². The summed E-state index contributed by atoms with van der Waals surface area (Å²) in [6.45, 7) is 6.12. The molecule has 0 atom stereocenters. The molecule has 22 heavy (non-hydrogen) atoms. The van der Waals surface area contributed by atoms with Gasteiger partial charge in [-0.2, -0.15) is 8.42 Å². The first-order valence-corrected chi connectivity index (χ1v) is 9.19. The Kier molecular flexibility index (Phi) is 5.62. The van der Waals surface area contributed by atoms with Crippen LogP contribution in [0.4, 0.5) is 0 Å². The number of aryl methyl sites for hydroxylation is 1. The Labute approximate surface area is 134 Å². The third-order valence-corrected chi connectivity index (χ3v) is 5.12. The number of rotatable bonds is 8. The lowest BCUT2D eigenvalue weighted by Crippen LogP contribution is -2.15. The van der Waals surface area contributed by atoms with Crippen molar-refractivity contribution in [3.8, 4) is 5.75 Å². The van der Waals surface area contributed by atoms with Gasteiger partial charge in [0, 0.05) is 12.3 Å². The highest BCUT2D eigenvalue weighted by Gasteiger charge is 2.15. The molecule has 1 aromatic heterocycles. The summed E-state index contributed by atoms with van der Waals surface area (Å²) in [6, 6.07) is 8.45. The number of aromatic nitrogens is 3. The Morgan fingerprint density at radius 2 is 2.05 bits per heavy atom. The first-order chi connectivity index (χ1) is 10.5. The van der Waals surface area contributed by atoms with Crippen LogP contribution in [0.25, 0.3) is 0 Å². The van der Waals surface area contributed by atoms with Gasteiger partial charge in [0.2, 0.25) is 0 Å². The minimum atomic E-state index is -3.62. The molecular formula is C14H17N3O3S2. The molecule has 0 amide bonds. The summed E-state index contributed by atoms with van der Waals surface area (Å²) in [7, 11) is -3.62. The summed E-state index contributed by atoms with van der Waals surface area (Å²) >= 11 is 1.33. The van der Waals surface area contributed by atoms with E-state index in [4.69, 9.17) is 4.18 Å². The minimum Gasteiger partial charge on any atom is -0.382 e. The van der Waals surface area contributed by atoms with E-state index in [9.17, 15) is 8.42 Å². The molecule has 0 N–H and O–H groups in total. The summed E-state index contributed by atoms with van der Waals surface area (Å²) in [5.41, 5.74) is 0. The van der Waals surface area contributed by atoms with Crippen molar-refractivity contribution in [3.05, 3.63) is 48.8 Å². The zero-order valence-corrected chi connectivity index (χ0v) is 13.8. The molecule has 8 heteroatoms. The van der Waals surface area contributed by atoms with E-state index >= 15 is 0 Å². The molecule has 0 fully saturated rings. The van der Waals surface area contributed by atoms with Crippen molar-refractivity contribution in [1.82, 2.24) is 14.8 Å². The van der Waals surface area contributed by atoms with E-state index < -0.39 is 10.1 Å². The van der Waals surface area contributed by atoms with Crippen LogP contribution >= 0.6 is 11.8 Å². The van der Waals surface area contributed by atoms with Gasteiger partial charge in [-0.25, -0.2) is 0 Å². The zero-order valence-electron chi connectivity index (χ0n) is 12.2. The molecular weight excluding hydrogens is 322 g/mol. The fraction of sp³-hybridized carbons (Fsp3) is 0.286. The quantitative estimate of drug-likeness (QED) is 0.417. The molecule has 0 bridgehead atoms. The summed E-state index contributed by atoms with van der Waals surface area (Å²) in [5.74, 6) is 1.32. The van der Waals surface area contributed by atoms with Gasteiger partial charge in [-0.15, -0.1) is 16.8 Å². The molecule has 0 radical (unpaired) electrons. The highest BCUT2D eigenvalue weighted by molar-refractivity contribution is 8.00. The maximum Gasteiger partial charge on any atom is 0.310 e. The fourth-order valence-electron chi connectivity index (χ4n) is 1.71. The largest absolute Gasteiger partial charge is 0.382 e. The summed E-state index contributed by atoms with van der Waals surface area (Å²) in [5, 5.41) is 8.69. The van der Waals surface area contributed by atoms with E-state index in [1.807, 2.05) is 11.5 Å². The highest BCUT2D eigenvalue weighted by atomic mass is 32.2. The second-order valence-corrected chi connectivity index (χ2v) is 7.19. The molecule has 6 nitrogen and oxygen atoms in total. The van der Waals surface area contributed by atoms with Crippen molar-refractivity contribution in [2.45, 2.75) is 18.6 Å². The Bertz CT molecular complexity index is 727. The second-order valence-electron chi connectivity index (χ2n) is 4.44. The van der Waals surface area contributed by atoms with Crippen LogP contribution in [-0.4, -0.2) is 34.7 Å². The summed E-state index contributed by atoms with van der Waals surface area (Å²) in [4.78, 5) is 0. The standard InChI is InChI=1S/C14H17N3O3S2/c1-3-9-17-12(2)15-16-14(17)21-10-11-22(18,19)20-13-7-5-4-6-8-13/h3-8H,1,9-11H2,2H3. The molecule has 0 spiro atoms. The van der Waals surface area contributed by atoms with E-state index in [-0.39, 0.29) is 5.75 Å². The number of allylic oxidation sites excluding steroid dienone is 1. The van der Waals surface area contributed by atoms with Gasteiger partial charge < -0.3 is 8.75 Å². The third-order valence-electron chi connectivity index (χ3n) is 2.74. The maximum absolute atomic E-state index is 11.9. The predicted molar refractivity (Wildman–Crippen MR) is 86.5 cm³/mol. The number of hydrogen-bond donors (Lipinski definition) is 0. The van der Waals surface area contributed by atoms with Crippen molar-refractivity contribution < 1.29 is 12.6 Å². The van der Waals surface area contributed by atoms with Crippen molar-refractivity contribution >= 4 is 21.9 Å². The van der Waals surface area contributed by atoms with Crippen molar-refractivity contribution in [1.29, 1.82) is 0 Å². The van der Waals surface area contributed by atoms with E-state index in [0.717, 1.165) is 5.82 Å². The van der Waals surface area contributed by atoms with Gasteiger partial charge in [0.05, 0.1) is 5.75 Å². The molecule has 0 aliphatic rings. The van der Waals surface area contributed by atoms with Gasteiger partial charge in [-0.3, -0.25) is 0 Å². The smallest absolute Gasteiger partial charge is 0.310 e. The maximum atomic E-state index is 11.9. The predicted octanol–water partition coefficient (Wildman–Crippen LogP) is 2.27. The molecule has 0 saturated heterocycles. The van der Waals surface area contributed by atoms with Crippen LogP contribution in [0, 0.1) is 6.92 Å². The summed E-state index contributed by atoms with van der Waals surface area (Å²) < 4.78 is 30.7. The van der Waals surface area contributed by atoms with E-state index in [1.54, 1.807) is 36.4 Å². The van der Waals surface area contributed by atoms with Gasteiger partial charge >= 0.3 is 10.1 Å².